The molecule has 6 nitrogen and oxygen atoms in total. The van der Waals surface area contributed by atoms with E-state index < -0.39 is 12.1 Å². The number of amides is 2. The molecule has 0 bridgehead atoms. The minimum atomic E-state index is -0.829. The van der Waals surface area contributed by atoms with Gasteiger partial charge < -0.3 is 0 Å². The summed E-state index contributed by atoms with van der Waals surface area (Å²) >= 11 is 6.16. The maximum absolute atomic E-state index is 13.0. The molecule has 1 fully saturated rings. The van der Waals surface area contributed by atoms with E-state index in [1.807, 2.05) is 39.0 Å². The first kappa shape index (κ1) is 16.7. The number of aryl methyl sites for hydroxylation is 3. The molecule has 0 unspecified atom stereocenters. The molecule has 2 atom stereocenters. The molecule has 4 rings (SSSR count). The van der Waals surface area contributed by atoms with Crippen LogP contribution >= 0.6 is 11.6 Å². The highest BCUT2D eigenvalue weighted by Gasteiger charge is 2.55. The van der Waals surface area contributed by atoms with Gasteiger partial charge in [0.1, 0.15) is 0 Å². The predicted octanol–water partition coefficient (Wildman–Crippen LogP) is 3.76. The van der Waals surface area contributed by atoms with Gasteiger partial charge in [-0.15, -0.1) is 0 Å². The lowest BCUT2D eigenvalue weighted by molar-refractivity contribution is -0.121. The standard InChI is InChI=1S/C19H17ClN4O2/c1-10-4-7-14(8-12(10)3)24-17-16(21-22-24)18(25)23(19(17)26)13-6-5-11(2)15(20)9-13/h4-9,16-17H,1-3H3/t16-,17+/m0/s1. The van der Waals surface area contributed by atoms with Crippen LogP contribution in [0.4, 0.5) is 11.4 Å². The van der Waals surface area contributed by atoms with Crippen LogP contribution in [0.25, 0.3) is 0 Å². The smallest absolute Gasteiger partial charge is 0.263 e. The number of carbonyl (C=O) groups is 2. The first-order chi connectivity index (χ1) is 12.4. The van der Waals surface area contributed by atoms with Gasteiger partial charge in [-0.2, -0.15) is 5.11 Å². The van der Waals surface area contributed by atoms with Crippen molar-refractivity contribution in [3.8, 4) is 0 Å². The topological polar surface area (TPSA) is 65.3 Å². The number of hydrogen-bond acceptors (Lipinski definition) is 5. The van der Waals surface area contributed by atoms with E-state index in [9.17, 15) is 9.59 Å². The minimum absolute atomic E-state index is 0.344. The van der Waals surface area contributed by atoms with Gasteiger partial charge in [0.15, 0.2) is 12.1 Å². The average Bonchev–Trinajstić information content (AvgIpc) is 3.14. The van der Waals surface area contributed by atoms with E-state index in [0.29, 0.717) is 10.7 Å². The molecule has 0 spiro atoms. The Bertz CT molecular complexity index is 972. The molecule has 2 heterocycles. The maximum Gasteiger partial charge on any atom is 0.263 e. The van der Waals surface area contributed by atoms with E-state index in [1.54, 1.807) is 18.2 Å². The molecule has 0 aromatic heterocycles. The van der Waals surface area contributed by atoms with E-state index in [1.165, 1.54) is 5.01 Å². The van der Waals surface area contributed by atoms with Gasteiger partial charge in [0.05, 0.1) is 11.4 Å². The molecular formula is C19H17ClN4O2. The number of fused-ring (bicyclic) bond motifs is 1. The van der Waals surface area contributed by atoms with Gasteiger partial charge in [0.25, 0.3) is 11.8 Å². The van der Waals surface area contributed by atoms with Gasteiger partial charge >= 0.3 is 0 Å². The second kappa shape index (κ2) is 5.92. The van der Waals surface area contributed by atoms with Crippen LogP contribution in [0, 0.1) is 20.8 Å². The lowest BCUT2D eigenvalue weighted by Crippen LogP contribution is -2.40. The lowest BCUT2D eigenvalue weighted by Gasteiger charge is -2.21. The molecule has 2 aliphatic rings. The summed E-state index contributed by atoms with van der Waals surface area (Å²) < 4.78 is 0. The highest BCUT2D eigenvalue weighted by atomic mass is 35.5. The quantitative estimate of drug-likeness (QED) is 0.758. The predicted molar refractivity (Wildman–Crippen MR) is 99.5 cm³/mol. The Labute approximate surface area is 156 Å². The van der Waals surface area contributed by atoms with Crippen molar-refractivity contribution in [2.75, 3.05) is 9.91 Å². The van der Waals surface area contributed by atoms with E-state index in [0.717, 1.165) is 27.3 Å². The number of anilines is 2. The fraction of sp³-hybridized carbons (Fsp3) is 0.263. The van der Waals surface area contributed by atoms with Crippen LogP contribution in [0.2, 0.25) is 5.02 Å². The number of nitrogens with zero attached hydrogens (tertiary/aromatic N) is 4. The lowest BCUT2D eigenvalue weighted by atomic mass is 10.1. The van der Waals surface area contributed by atoms with Crippen LogP contribution in [-0.4, -0.2) is 23.9 Å². The van der Waals surface area contributed by atoms with Gasteiger partial charge in [-0.05, 0) is 61.7 Å². The number of rotatable bonds is 2. The SMILES string of the molecule is Cc1ccc(N2N=N[C@@H]3C(=O)N(c4ccc(C)c(Cl)c4)C(=O)[C@@H]32)cc1C. The van der Waals surface area contributed by atoms with E-state index in [2.05, 4.69) is 10.3 Å². The zero-order valence-corrected chi connectivity index (χ0v) is 15.4. The van der Waals surface area contributed by atoms with Crippen LogP contribution in [0.1, 0.15) is 16.7 Å². The Balaban J connectivity index is 1.71. The molecule has 2 aliphatic heterocycles. The van der Waals surface area contributed by atoms with Gasteiger partial charge in [0, 0.05) is 5.02 Å². The van der Waals surface area contributed by atoms with Crippen molar-refractivity contribution in [3.05, 3.63) is 58.1 Å². The Morgan fingerprint density at radius 3 is 2.27 bits per heavy atom. The maximum atomic E-state index is 13.0. The molecule has 0 radical (unpaired) electrons. The van der Waals surface area contributed by atoms with Crippen molar-refractivity contribution in [1.82, 2.24) is 0 Å². The summed E-state index contributed by atoms with van der Waals surface area (Å²) in [5.74, 6) is -0.724. The monoisotopic (exact) mass is 368 g/mol. The zero-order chi connectivity index (χ0) is 18.6. The minimum Gasteiger partial charge on any atom is -0.271 e. The van der Waals surface area contributed by atoms with Gasteiger partial charge in [-0.25, -0.2) is 9.91 Å². The Morgan fingerprint density at radius 1 is 0.885 bits per heavy atom. The second-order valence-corrected chi connectivity index (χ2v) is 7.06. The van der Waals surface area contributed by atoms with Crippen molar-refractivity contribution in [1.29, 1.82) is 0 Å². The molecular weight excluding hydrogens is 352 g/mol. The third kappa shape index (κ3) is 2.41. The summed E-state index contributed by atoms with van der Waals surface area (Å²) in [7, 11) is 0. The normalized spacial score (nSPS) is 21.7. The Morgan fingerprint density at radius 2 is 1.58 bits per heavy atom. The average molecular weight is 369 g/mol. The van der Waals surface area contributed by atoms with Crippen molar-refractivity contribution in [3.63, 3.8) is 0 Å². The molecule has 2 aromatic rings. The largest absolute Gasteiger partial charge is 0.271 e. The molecule has 2 aromatic carbocycles. The van der Waals surface area contributed by atoms with Gasteiger partial charge in [-0.1, -0.05) is 29.0 Å². The van der Waals surface area contributed by atoms with Gasteiger partial charge in [-0.3, -0.25) is 9.59 Å². The van der Waals surface area contributed by atoms with Crippen LogP contribution < -0.4 is 9.91 Å². The fourth-order valence-electron chi connectivity index (χ4n) is 3.22. The summed E-state index contributed by atoms with van der Waals surface area (Å²) in [5.41, 5.74) is 4.31. The highest BCUT2D eigenvalue weighted by molar-refractivity contribution is 6.32. The van der Waals surface area contributed by atoms with Crippen molar-refractivity contribution >= 4 is 34.8 Å². The highest BCUT2D eigenvalue weighted by Crippen LogP contribution is 2.36. The number of imide groups is 1. The molecule has 2 amide bonds. The zero-order valence-electron chi connectivity index (χ0n) is 14.6. The van der Waals surface area contributed by atoms with Crippen LogP contribution in [0.3, 0.4) is 0 Å². The summed E-state index contributed by atoms with van der Waals surface area (Å²) in [6.07, 6.45) is 0. The molecule has 7 heteroatoms. The number of halogens is 1. The first-order valence-corrected chi connectivity index (χ1v) is 8.67. The molecule has 0 aliphatic carbocycles. The third-order valence-corrected chi connectivity index (χ3v) is 5.36. The second-order valence-electron chi connectivity index (χ2n) is 6.65. The van der Waals surface area contributed by atoms with Crippen molar-refractivity contribution in [2.45, 2.75) is 32.9 Å². The summed E-state index contributed by atoms with van der Waals surface area (Å²) in [6, 6.07) is 9.34. The summed E-state index contributed by atoms with van der Waals surface area (Å²) in [4.78, 5) is 27.0. The number of benzene rings is 2. The number of carbonyl (C=O) groups excluding carboxylic acids is 2. The molecule has 132 valence electrons. The van der Waals surface area contributed by atoms with E-state index in [-0.39, 0.29) is 11.8 Å². The first-order valence-electron chi connectivity index (χ1n) is 8.29. The molecule has 26 heavy (non-hydrogen) atoms. The summed E-state index contributed by atoms with van der Waals surface area (Å²) in [6.45, 7) is 5.87. The fourth-order valence-corrected chi connectivity index (χ4v) is 3.39. The third-order valence-electron chi connectivity index (χ3n) is 4.95. The van der Waals surface area contributed by atoms with Gasteiger partial charge in [0.2, 0.25) is 0 Å². The Hall–Kier alpha value is -2.73. The molecule has 1 saturated heterocycles. The Kier molecular flexibility index (Phi) is 3.80. The number of hydrogen-bond donors (Lipinski definition) is 0. The van der Waals surface area contributed by atoms with Crippen LogP contribution in [-0.2, 0) is 9.59 Å². The summed E-state index contributed by atoms with van der Waals surface area (Å²) in [5, 5.41) is 10.2. The van der Waals surface area contributed by atoms with Crippen LogP contribution in [0.15, 0.2) is 46.7 Å². The van der Waals surface area contributed by atoms with Crippen molar-refractivity contribution < 1.29 is 9.59 Å². The van der Waals surface area contributed by atoms with Crippen molar-refractivity contribution in [2.24, 2.45) is 10.3 Å². The van der Waals surface area contributed by atoms with Crippen LogP contribution in [0.5, 0.6) is 0 Å². The van der Waals surface area contributed by atoms with E-state index >= 15 is 0 Å². The molecule has 0 saturated carbocycles. The van der Waals surface area contributed by atoms with E-state index in [4.69, 9.17) is 11.6 Å². The molecule has 0 N–H and O–H groups in total.